The lowest BCUT2D eigenvalue weighted by Gasteiger charge is -2.22. The Morgan fingerprint density at radius 3 is 2.15 bits per heavy atom. The van der Waals surface area contributed by atoms with Crippen LogP contribution in [0, 0.1) is 11.8 Å². The second-order valence-corrected chi connectivity index (χ2v) is 11.7. The zero-order valence-corrected chi connectivity index (χ0v) is 23.2. The van der Waals surface area contributed by atoms with Crippen molar-refractivity contribution in [3.05, 3.63) is 60.2 Å². The fourth-order valence-electron chi connectivity index (χ4n) is 3.42. The SMILES string of the molecule is CC(=NC(O)OCOC(=O)C(C)C)P(=O)(O)CC(Cc1ccc(-c2ccccc2)cc1)C(=O)NC(C)C(=O)O. The zero-order chi connectivity index (χ0) is 29.2. The summed E-state index contributed by atoms with van der Waals surface area (Å²) >= 11 is 0. The molecule has 0 aromatic heterocycles. The topological polar surface area (TPSA) is 172 Å². The van der Waals surface area contributed by atoms with E-state index in [1.807, 2.05) is 42.5 Å². The highest BCUT2D eigenvalue weighted by Gasteiger charge is 2.33. The van der Waals surface area contributed by atoms with Crippen LogP contribution in [-0.2, 0) is 34.8 Å². The number of nitrogens with zero attached hydrogens (tertiary/aromatic N) is 1. The Hall–Kier alpha value is -3.37. The summed E-state index contributed by atoms with van der Waals surface area (Å²) in [5.74, 6) is -4.01. The molecule has 2 aromatic carbocycles. The van der Waals surface area contributed by atoms with Crippen molar-refractivity contribution >= 4 is 30.7 Å². The minimum atomic E-state index is -4.28. The molecule has 1 amide bonds. The molecule has 212 valence electrons. The summed E-state index contributed by atoms with van der Waals surface area (Å²) in [5, 5.41) is 21.5. The van der Waals surface area contributed by atoms with Crippen molar-refractivity contribution in [1.82, 2.24) is 5.32 Å². The first-order chi connectivity index (χ1) is 18.3. The van der Waals surface area contributed by atoms with Crippen molar-refractivity contribution in [2.24, 2.45) is 16.8 Å². The summed E-state index contributed by atoms with van der Waals surface area (Å²) in [4.78, 5) is 50.1. The number of aliphatic carboxylic acids is 1. The third-order valence-corrected chi connectivity index (χ3v) is 7.87. The molecule has 0 saturated carbocycles. The van der Waals surface area contributed by atoms with Gasteiger partial charge in [0.1, 0.15) is 6.04 Å². The summed E-state index contributed by atoms with van der Waals surface area (Å²) < 4.78 is 22.8. The van der Waals surface area contributed by atoms with Gasteiger partial charge in [0.25, 0.3) is 6.41 Å². The highest BCUT2D eigenvalue weighted by molar-refractivity contribution is 7.75. The first-order valence-electron chi connectivity index (χ1n) is 12.3. The highest BCUT2D eigenvalue weighted by Crippen LogP contribution is 2.45. The van der Waals surface area contributed by atoms with Crippen molar-refractivity contribution in [3.8, 4) is 11.1 Å². The van der Waals surface area contributed by atoms with Gasteiger partial charge in [-0.05, 0) is 37.0 Å². The van der Waals surface area contributed by atoms with Gasteiger partial charge in [-0.3, -0.25) is 23.7 Å². The molecule has 4 atom stereocenters. The molecule has 4 N–H and O–H groups in total. The molecule has 2 rings (SSSR count). The van der Waals surface area contributed by atoms with E-state index in [4.69, 9.17) is 9.47 Å². The van der Waals surface area contributed by atoms with E-state index < -0.39 is 62.5 Å². The molecule has 12 heteroatoms. The van der Waals surface area contributed by atoms with Gasteiger partial charge in [0.2, 0.25) is 13.3 Å². The van der Waals surface area contributed by atoms with E-state index in [0.29, 0.717) is 5.56 Å². The van der Waals surface area contributed by atoms with Crippen LogP contribution in [0.2, 0.25) is 0 Å². The minimum absolute atomic E-state index is 0.0509. The standard InChI is InChI=1S/C27H35N2O9P/c1-17(2)26(33)37-16-38-27(34)29-19(4)39(35,36)15-23(24(30)28-18(3)25(31)32)14-20-10-12-22(13-11-20)21-8-6-5-7-9-21/h5-13,17-18,23,27,34H,14-16H2,1-4H3,(H,28,30)(H,31,32)(H,35,36). The lowest BCUT2D eigenvalue weighted by atomic mass is 9.97. The Kier molecular flexibility index (Phi) is 12.0. The predicted molar refractivity (Wildman–Crippen MR) is 145 cm³/mol. The third kappa shape index (κ3) is 10.4. The molecular formula is C27H35N2O9P. The molecule has 0 fully saturated rings. The zero-order valence-electron chi connectivity index (χ0n) is 22.3. The van der Waals surface area contributed by atoms with E-state index in [1.54, 1.807) is 26.0 Å². The van der Waals surface area contributed by atoms with E-state index >= 15 is 0 Å². The molecule has 0 saturated heterocycles. The summed E-state index contributed by atoms with van der Waals surface area (Å²) in [5.41, 5.74) is 2.28. The molecule has 0 aliphatic heterocycles. The van der Waals surface area contributed by atoms with Crippen LogP contribution in [0.5, 0.6) is 0 Å². The van der Waals surface area contributed by atoms with Crippen LogP contribution in [0.1, 0.15) is 33.3 Å². The molecule has 0 spiro atoms. The molecule has 0 bridgehead atoms. The molecule has 4 unspecified atom stereocenters. The van der Waals surface area contributed by atoms with Gasteiger partial charge in [0.15, 0.2) is 6.79 Å². The lowest BCUT2D eigenvalue weighted by Crippen LogP contribution is -2.43. The molecule has 39 heavy (non-hydrogen) atoms. The number of carboxylic acids is 1. The van der Waals surface area contributed by atoms with Crippen LogP contribution < -0.4 is 5.32 Å². The van der Waals surface area contributed by atoms with Gasteiger partial charge in [-0.15, -0.1) is 0 Å². The fourth-order valence-corrected chi connectivity index (χ4v) is 4.86. The Bertz CT molecular complexity index is 1200. The van der Waals surface area contributed by atoms with E-state index in [1.165, 1.54) is 13.8 Å². The monoisotopic (exact) mass is 562 g/mol. The number of esters is 1. The van der Waals surface area contributed by atoms with E-state index in [0.717, 1.165) is 11.1 Å². The molecular weight excluding hydrogens is 527 g/mol. The normalized spacial score (nSPS) is 15.6. The van der Waals surface area contributed by atoms with Gasteiger partial charge in [0, 0.05) is 6.16 Å². The maximum absolute atomic E-state index is 13.2. The summed E-state index contributed by atoms with van der Waals surface area (Å²) in [6.45, 7) is 5.12. The Morgan fingerprint density at radius 1 is 1.00 bits per heavy atom. The van der Waals surface area contributed by atoms with Crippen LogP contribution in [0.25, 0.3) is 11.1 Å². The van der Waals surface area contributed by atoms with E-state index in [-0.39, 0.29) is 11.9 Å². The van der Waals surface area contributed by atoms with Gasteiger partial charge in [-0.2, -0.15) is 0 Å². The van der Waals surface area contributed by atoms with E-state index in [9.17, 15) is 34.1 Å². The number of ether oxygens (including phenoxy) is 2. The summed E-state index contributed by atoms with van der Waals surface area (Å²) in [6, 6.07) is 15.7. The largest absolute Gasteiger partial charge is 0.480 e. The quantitative estimate of drug-likeness (QED) is 0.117. The number of rotatable bonds is 14. The van der Waals surface area contributed by atoms with Gasteiger partial charge >= 0.3 is 11.9 Å². The fraction of sp³-hybridized carbons (Fsp3) is 0.407. The van der Waals surface area contributed by atoms with Crippen molar-refractivity contribution in [2.45, 2.75) is 46.6 Å². The first-order valence-corrected chi connectivity index (χ1v) is 14.1. The van der Waals surface area contributed by atoms with Crippen LogP contribution in [-0.4, -0.2) is 63.8 Å². The minimum Gasteiger partial charge on any atom is -0.480 e. The maximum Gasteiger partial charge on any atom is 0.325 e. The smallest absolute Gasteiger partial charge is 0.325 e. The van der Waals surface area contributed by atoms with Crippen LogP contribution in [0.15, 0.2) is 59.6 Å². The van der Waals surface area contributed by atoms with Crippen LogP contribution in [0.4, 0.5) is 0 Å². The second kappa shape index (κ2) is 14.7. The molecule has 0 heterocycles. The number of aliphatic hydroxyl groups is 1. The summed E-state index contributed by atoms with van der Waals surface area (Å²) in [7, 11) is -4.28. The highest BCUT2D eigenvalue weighted by atomic mass is 31.2. The number of carbonyl (C=O) groups excluding carboxylic acids is 2. The Labute approximate surface area is 227 Å². The number of benzene rings is 2. The predicted octanol–water partition coefficient (Wildman–Crippen LogP) is 3.24. The van der Waals surface area contributed by atoms with Crippen molar-refractivity contribution < 1.29 is 43.5 Å². The number of carboxylic acid groups (broad SMARTS) is 1. The number of carbonyl (C=O) groups is 3. The van der Waals surface area contributed by atoms with Crippen molar-refractivity contribution in [3.63, 3.8) is 0 Å². The van der Waals surface area contributed by atoms with Gasteiger partial charge < -0.3 is 25.2 Å². The number of aliphatic imine (C=N–C) groups is 1. The van der Waals surface area contributed by atoms with Crippen LogP contribution in [0.3, 0.4) is 0 Å². The van der Waals surface area contributed by atoms with Crippen molar-refractivity contribution in [2.75, 3.05) is 13.0 Å². The average molecular weight is 563 g/mol. The average Bonchev–Trinajstić information content (AvgIpc) is 2.88. The first kappa shape index (κ1) is 31.8. The van der Waals surface area contributed by atoms with Crippen LogP contribution >= 0.6 is 7.37 Å². The maximum atomic E-state index is 13.2. The Balaban J connectivity index is 2.18. The number of nitrogens with one attached hydrogen (secondary N) is 1. The second-order valence-electron chi connectivity index (χ2n) is 9.32. The molecule has 11 nitrogen and oxygen atoms in total. The molecule has 0 aliphatic carbocycles. The van der Waals surface area contributed by atoms with Crippen molar-refractivity contribution in [1.29, 1.82) is 0 Å². The number of hydrogen-bond acceptors (Lipinski definition) is 8. The number of amides is 1. The lowest BCUT2D eigenvalue weighted by molar-refractivity contribution is -0.184. The van der Waals surface area contributed by atoms with Gasteiger partial charge in [-0.25, -0.2) is 4.99 Å². The number of hydrogen-bond donors (Lipinski definition) is 4. The summed E-state index contributed by atoms with van der Waals surface area (Å²) in [6.07, 6.45) is -2.39. The van der Waals surface area contributed by atoms with Gasteiger partial charge in [-0.1, -0.05) is 68.4 Å². The molecule has 2 aromatic rings. The van der Waals surface area contributed by atoms with Gasteiger partial charge in [0.05, 0.1) is 17.3 Å². The number of aliphatic hydroxyl groups excluding tert-OH is 1. The molecule has 0 aliphatic rings. The Morgan fingerprint density at radius 2 is 1.59 bits per heavy atom. The molecule has 0 radical (unpaired) electrons. The van der Waals surface area contributed by atoms with E-state index in [2.05, 4.69) is 10.3 Å². The third-order valence-electron chi connectivity index (χ3n) is 5.80.